The lowest BCUT2D eigenvalue weighted by atomic mass is 10.0. The van der Waals surface area contributed by atoms with Gasteiger partial charge in [-0.25, -0.2) is 14.6 Å². The van der Waals surface area contributed by atoms with Crippen LogP contribution in [0.25, 0.3) is 0 Å². The van der Waals surface area contributed by atoms with Crippen LogP contribution >= 0.6 is 34.7 Å². The van der Waals surface area contributed by atoms with Gasteiger partial charge in [0.05, 0.1) is 12.1 Å². The third kappa shape index (κ3) is 7.77. The van der Waals surface area contributed by atoms with Crippen molar-refractivity contribution in [1.82, 2.24) is 15.2 Å². The zero-order valence-electron chi connectivity index (χ0n) is 21.9. The van der Waals surface area contributed by atoms with Gasteiger partial charge in [0, 0.05) is 17.0 Å². The molecule has 2 aliphatic rings. The number of fused-ring (bicyclic) bond motifs is 1. The van der Waals surface area contributed by atoms with Crippen LogP contribution in [0.5, 0.6) is 0 Å². The Morgan fingerprint density at radius 1 is 1.37 bits per heavy atom. The number of β-lactam (4-membered cyclic amide) rings is 1. The molecule has 1 saturated heterocycles. The van der Waals surface area contributed by atoms with Crippen molar-refractivity contribution in [3.05, 3.63) is 22.3 Å². The van der Waals surface area contributed by atoms with Gasteiger partial charge in [0.15, 0.2) is 17.1 Å². The number of hydrogen-bond donors (Lipinski definition) is 3. The van der Waals surface area contributed by atoms with E-state index in [9.17, 15) is 28.8 Å². The number of nitrogens with zero attached hydrogens (tertiary/aromatic N) is 3. The number of carbonyl (C=O) groups excluding carboxylic acids is 6. The van der Waals surface area contributed by atoms with Crippen molar-refractivity contribution in [2.45, 2.75) is 50.3 Å². The molecular formula is C22H24BClN6O9S2. The summed E-state index contributed by atoms with van der Waals surface area (Å²) < 4.78 is 9.27. The number of alkyl halides is 1. The number of aromatic nitrogens is 1. The first-order valence-corrected chi connectivity index (χ1v) is 14.1. The van der Waals surface area contributed by atoms with Crippen molar-refractivity contribution >= 4 is 89.7 Å². The summed E-state index contributed by atoms with van der Waals surface area (Å²) in [6, 6.07) is -1.06. The maximum absolute atomic E-state index is 13.3. The first-order chi connectivity index (χ1) is 19.3. The summed E-state index contributed by atoms with van der Waals surface area (Å²) in [4.78, 5) is 83.7. The molecule has 1 aromatic heterocycles. The van der Waals surface area contributed by atoms with Crippen LogP contribution < -0.4 is 16.4 Å². The maximum atomic E-state index is 13.3. The van der Waals surface area contributed by atoms with E-state index in [4.69, 9.17) is 35.0 Å². The number of anilines is 1. The molecule has 41 heavy (non-hydrogen) atoms. The minimum atomic E-state index is -1.71. The SMILES string of the molecule is [B]OC(=O)[C@H](CC(N)=O)O/N=C(\C(=O)N[C@@H]1C(=O)N2C(C=O)=C(CCl)CS[C@H]12)c1csc(NC(=O)OC(C)(C)C)n1. The highest BCUT2D eigenvalue weighted by Crippen LogP contribution is 2.39. The summed E-state index contributed by atoms with van der Waals surface area (Å²) in [5.41, 5.74) is 4.40. The Morgan fingerprint density at radius 2 is 2.07 bits per heavy atom. The van der Waals surface area contributed by atoms with E-state index in [2.05, 4.69) is 25.4 Å². The molecule has 3 heterocycles. The van der Waals surface area contributed by atoms with Gasteiger partial charge in [0.2, 0.25) is 12.0 Å². The van der Waals surface area contributed by atoms with Gasteiger partial charge in [-0.15, -0.1) is 34.7 Å². The average molecular weight is 627 g/mol. The lowest BCUT2D eigenvalue weighted by Gasteiger charge is -2.49. The number of halogens is 1. The molecular weight excluding hydrogens is 603 g/mol. The largest absolute Gasteiger partial charge is 0.541 e. The predicted molar refractivity (Wildman–Crippen MR) is 148 cm³/mol. The van der Waals surface area contributed by atoms with Crippen LogP contribution in [-0.2, 0) is 38.2 Å². The summed E-state index contributed by atoms with van der Waals surface area (Å²) in [6.45, 7) is 5.00. The van der Waals surface area contributed by atoms with Gasteiger partial charge in [-0.05, 0) is 26.3 Å². The minimum absolute atomic E-state index is 0.0212. The van der Waals surface area contributed by atoms with Crippen molar-refractivity contribution in [2.24, 2.45) is 10.9 Å². The fourth-order valence-electron chi connectivity index (χ4n) is 3.48. The Hall–Kier alpha value is -3.64. The second-order valence-corrected chi connectivity index (χ2v) is 11.6. The smallest absolute Gasteiger partial charge is 0.413 e. The molecule has 3 atom stereocenters. The highest BCUT2D eigenvalue weighted by atomic mass is 35.5. The first-order valence-electron chi connectivity index (χ1n) is 11.7. The zero-order chi connectivity index (χ0) is 30.5. The van der Waals surface area contributed by atoms with Crippen molar-refractivity contribution in [1.29, 1.82) is 0 Å². The maximum Gasteiger partial charge on any atom is 0.413 e. The van der Waals surface area contributed by atoms with Crippen LogP contribution in [0.15, 0.2) is 21.8 Å². The number of carbonyl (C=O) groups is 6. The number of aldehydes is 1. The number of rotatable bonds is 11. The van der Waals surface area contributed by atoms with Crippen LogP contribution in [0.4, 0.5) is 9.93 Å². The van der Waals surface area contributed by atoms with E-state index in [-0.39, 0.29) is 22.4 Å². The predicted octanol–water partition coefficient (Wildman–Crippen LogP) is 0.173. The fraction of sp³-hybridized carbons (Fsp3) is 0.455. The average Bonchev–Trinajstić information content (AvgIpc) is 3.35. The molecule has 4 amide bonds. The summed E-state index contributed by atoms with van der Waals surface area (Å²) in [5.74, 6) is -3.26. The molecule has 15 nitrogen and oxygen atoms in total. The van der Waals surface area contributed by atoms with E-state index in [1.165, 1.54) is 22.0 Å². The van der Waals surface area contributed by atoms with E-state index < -0.39 is 65.0 Å². The summed E-state index contributed by atoms with van der Waals surface area (Å²) >= 11 is 8.08. The van der Waals surface area contributed by atoms with Gasteiger partial charge in [0.25, 0.3) is 11.8 Å². The number of amides is 4. The number of thiazole rings is 1. The summed E-state index contributed by atoms with van der Waals surface area (Å²) in [7, 11) is 4.88. The van der Waals surface area contributed by atoms with Crippen molar-refractivity contribution < 1.29 is 43.0 Å². The number of hydrogen-bond acceptors (Lipinski definition) is 13. The normalized spacial score (nSPS) is 19.4. The summed E-state index contributed by atoms with van der Waals surface area (Å²) in [5, 5.41) is 9.38. The number of primary amides is 1. The molecule has 0 unspecified atom stereocenters. The van der Waals surface area contributed by atoms with Gasteiger partial charge in [-0.3, -0.25) is 29.4 Å². The quantitative estimate of drug-likeness (QED) is 0.0753. The van der Waals surface area contributed by atoms with Crippen molar-refractivity contribution in [3.63, 3.8) is 0 Å². The molecule has 2 aliphatic heterocycles. The van der Waals surface area contributed by atoms with Crippen molar-refractivity contribution in [3.8, 4) is 0 Å². The molecule has 0 aromatic carbocycles. The van der Waals surface area contributed by atoms with E-state index in [0.717, 1.165) is 11.3 Å². The Bertz CT molecular complexity index is 1310. The number of allylic oxidation sites excluding steroid dienone is 1. The highest BCUT2D eigenvalue weighted by Gasteiger charge is 2.52. The summed E-state index contributed by atoms with van der Waals surface area (Å²) in [6.07, 6.45) is -2.67. The van der Waals surface area contributed by atoms with Crippen molar-refractivity contribution in [2.75, 3.05) is 16.9 Å². The number of thioether (sulfide) groups is 1. The molecule has 1 aromatic rings. The van der Waals surface area contributed by atoms with Gasteiger partial charge in [0.1, 0.15) is 22.7 Å². The molecule has 0 bridgehead atoms. The Labute approximate surface area is 247 Å². The zero-order valence-corrected chi connectivity index (χ0v) is 24.3. The highest BCUT2D eigenvalue weighted by molar-refractivity contribution is 8.00. The Balaban J connectivity index is 1.87. The fourth-order valence-corrected chi connectivity index (χ4v) is 5.87. The first kappa shape index (κ1) is 31.9. The third-order valence-electron chi connectivity index (χ3n) is 5.26. The minimum Gasteiger partial charge on any atom is -0.541 e. The molecule has 218 valence electrons. The molecule has 19 heteroatoms. The molecule has 0 aliphatic carbocycles. The van der Waals surface area contributed by atoms with Gasteiger partial charge in [-0.1, -0.05) is 5.16 Å². The van der Waals surface area contributed by atoms with E-state index in [1.54, 1.807) is 20.8 Å². The van der Waals surface area contributed by atoms with E-state index in [1.807, 2.05) is 0 Å². The molecule has 0 saturated carbocycles. The third-order valence-corrected chi connectivity index (χ3v) is 7.68. The van der Waals surface area contributed by atoms with Gasteiger partial charge < -0.3 is 25.3 Å². The number of ether oxygens (including phenoxy) is 1. The standard InChI is InChI=1S/C22H24BClN6O9S2/c1-22(2,3)37-21(36)28-20-26-10(8-41-20)14(29-39-12(4-13(25)32)19(35)38-23)16(33)27-15-17(34)30-11(6-31)9(5-24)7-40-18(15)30/h6,8,12,15,18H,4-5,7H2,1-3H3,(H2,25,32)(H,27,33)(H,26,28,36)/b29-14-/t12-,15+,18+/m0/s1. The van der Waals surface area contributed by atoms with Crippen LogP contribution in [0.2, 0.25) is 0 Å². The number of nitrogens with one attached hydrogen (secondary N) is 2. The Morgan fingerprint density at radius 3 is 2.66 bits per heavy atom. The van der Waals surface area contributed by atoms with Crippen LogP contribution in [0.3, 0.4) is 0 Å². The molecule has 3 rings (SSSR count). The number of oxime groups is 1. The molecule has 2 radical (unpaired) electrons. The van der Waals surface area contributed by atoms with E-state index >= 15 is 0 Å². The lowest BCUT2D eigenvalue weighted by molar-refractivity contribution is -0.149. The van der Waals surface area contributed by atoms with Crippen LogP contribution in [-0.4, -0.2) is 94.5 Å². The second-order valence-electron chi connectivity index (χ2n) is 9.41. The molecule has 4 N–H and O–H groups in total. The lowest BCUT2D eigenvalue weighted by Crippen LogP contribution is -2.70. The molecule has 1 fully saturated rings. The van der Waals surface area contributed by atoms with Gasteiger partial charge >= 0.3 is 20.1 Å². The van der Waals surface area contributed by atoms with Crippen LogP contribution in [0, 0.1) is 0 Å². The Kier molecular flexibility index (Phi) is 10.4. The monoisotopic (exact) mass is 626 g/mol. The second kappa shape index (κ2) is 13.4. The van der Waals surface area contributed by atoms with E-state index in [0.29, 0.717) is 17.6 Å². The van der Waals surface area contributed by atoms with Gasteiger partial charge in [-0.2, -0.15) is 0 Å². The van der Waals surface area contributed by atoms with Crippen LogP contribution in [0.1, 0.15) is 32.9 Å². The number of nitrogens with two attached hydrogens (primary N) is 1. The topological polar surface area (TPSA) is 209 Å². The molecule has 0 spiro atoms.